The molecule has 0 amide bonds. The first-order valence-electron chi connectivity index (χ1n) is 4.39. The van der Waals surface area contributed by atoms with Crippen molar-refractivity contribution in [2.24, 2.45) is 11.7 Å². The van der Waals surface area contributed by atoms with Gasteiger partial charge in [-0.15, -0.1) is 0 Å². The van der Waals surface area contributed by atoms with Crippen LogP contribution in [0.4, 0.5) is 4.39 Å². The summed E-state index contributed by atoms with van der Waals surface area (Å²) in [7, 11) is 0. The largest absolute Gasteiger partial charge is 0.324 e. The Morgan fingerprint density at radius 2 is 2.15 bits per heavy atom. The number of halogens is 2. The van der Waals surface area contributed by atoms with Crippen molar-refractivity contribution >= 4 is 22.6 Å². The monoisotopic (exact) mass is 291 g/mol. The van der Waals surface area contributed by atoms with Gasteiger partial charge in [0.25, 0.3) is 0 Å². The van der Waals surface area contributed by atoms with E-state index in [1.54, 1.807) is 6.07 Å². The molecule has 1 nitrogen and oxygen atoms in total. The Morgan fingerprint density at radius 3 is 2.69 bits per heavy atom. The molecule has 0 unspecified atom stereocenters. The fourth-order valence-electron chi connectivity index (χ4n) is 1.48. The summed E-state index contributed by atoms with van der Waals surface area (Å²) in [5.41, 5.74) is 7.11. The van der Waals surface area contributed by atoms with Crippen molar-refractivity contribution < 1.29 is 4.39 Å². The summed E-state index contributed by atoms with van der Waals surface area (Å²) in [4.78, 5) is 0. The van der Waals surface area contributed by atoms with Gasteiger partial charge in [0, 0.05) is 9.61 Å². The molecule has 1 fully saturated rings. The fraction of sp³-hybridized carbons (Fsp3) is 0.400. The predicted octanol–water partition coefficient (Wildman–Crippen LogP) is 2.84. The summed E-state index contributed by atoms with van der Waals surface area (Å²) >= 11 is 2.14. The first kappa shape index (κ1) is 9.40. The maximum atomic E-state index is 12.8. The van der Waals surface area contributed by atoms with Crippen LogP contribution in [0.25, 0.3) is 0 Å². The molecular formula is C10H11FIN. The lowest BCUT2D eigenvalue weighted by atomic mass is 10.0. The lowest BCUT2D eigenvalue weighted by Crippen LogP contribution is -2.13. The van der Waals surface area contributed by atoms with Crippen LogP contribution in [0.1, 0.15) is 24.4 Å². The highest BCUT2D eigenvalue weighted by Crippen LogP contribution is 2.40. The summed E-state index contributed by atoms with van der Waals surface area (Å²) in [5.74, 6) is 0.440. The quantitative estimate of drug-likeness (QED) is 0.833. The number of benzene rings is 1. The van der Waals surface area contributed by atoms with Crippen LogP contribution in [-0.2, 0) is 0 Å². The highest BCUT2D eigenvalue weighted by atomic mass is 127. The standard InChI is InChI=1S/C10H11FIN/c11-7-3-4-8(9(12)5-7)10(13)6-1-2-6/h3-6,10H,1-2,13H2/t10-/m1/s1. The van der Waals surface area contributed by atoms with Gasteiger partial charge in [-0.3, -0.25) is 0 Å². The summed E-state index contributed by atoms with van der Waals surface area (Å²) in [6.07, 6.45) is 2.43. The Hall–Kier alpha value is -0.160. The van der Waals surface area contributed by atoms with E-state index in [0.717, 1.165) is 9.13 Å². The van der Waals surface area contributed by atoms with Crippen molar-refractivity contribution in [1.82, 2.24) is 0 Å². The minimum absolute atomic E-state index is 0.104. The zero-order valence-corrected chi connectivity index (χ0v) is 9.29. The van der Waals surface area contributed by atoms with Crippen LogP contribution in [0, 0.1) is 15.3 Å². The third-order valence-corrected chi connectivity index (χ3v) is 3.39. The Morgan fingerprint density at radius 1 is 1.46 bits per heavy atom. The molecule has 1 aromatic rings. The molecule has 3 heteroatoms. The van der Waals surface area contributed by atoms with Crippen molar-refractivity contribution in [3.05, 3.63) is 33.1 Å². The van der Waals surface area contributed by atoms with E-state index in [1.807, 2.05) is 0 Å². The van der Waals surface area contributed by atoms with E-state index >= 15 is 0 Å². The summed E-state index contributed by atoms with van der Waals surface area (Å²) in [6, 6.07) is 4.94. The Bertz CT molecular complexity index is 323. The molecule has 0 heterocycles. The molecule has 0 aromatic heterocycles. The van der Waals surface area contributed by atoms with Crippen molar-refractivity contribution in [1.29, 1.82) is 0 Å². The number of rotatable bonds is 2. The van der Waals surface area contributed by atoms with Crippen molar-refractivity contribution in [2.75, 3.05) is 0 Å². The zero-order chi connectivity index (χ0) is 9.42. The molecule has 70 valence electrons. The van der Waals surface area contributed by atoms with Crippen LogP contribution in [-0.4, -0.2) is 0 Å². The summed E-state index contributed by atoms with van der Waals surface area (Å²) in [5, 5.41) is 0. The smallest absolute Gasteiger partial charge is 0.124 e. The average molecular weight is 291 g/mol. The van der Waals surface area contributed by atoms with Crippen molar-refractivity contribution in [2.45, 2.75) is 18.9 Å². The first-order chi connectivity index (χ1) is 6.18. The molecule has 1 saturated carbocycles. The van der Waals surface area contributed by atoms with Gasteiger partial charge in [0.15, 0.2) is 0 Å². The Labute approximate surface area is 90.7 Å². The van der Waals surface area contributed by atoms with E-state index < -0.39 is 0 Å². The van der Waals surface area contributed by atoms with E-state index in [-0.39, 0.29) is 11.9 Å². The Kier molecular flexibility index (Phi) is 2.55. The van der Waals surface area contributed by atoms with Crippen LogP contribution < -0.4 is 5.73 Å². The molecule has 2 rings (SSSR count). The van der Waals surface area contributed by atoms with Gasteiger partial charge in [0.1, 0.15) is 5.82 Å². The van der Waals surface area contributed by atoms with Gasteiger partial charge < -0.3 is 5.73 Å². The average Bonchev–Trinajstić information content (AvgIpc) is 2.85. The third-order valence-electron chi connectivity index (χ3n) is 2.45. The van der Waals surface area contributed by atoms with Gasteiger partial charge in [-0.1, -0.05) is 6.07 Å². The molecule has 1 aliphatic rings. The zero-order valence-electron chi connectivity index (χ0n) is 7.13. The SMILES string of the molecule is N[C@@H](c1ccc(F)cc1I)C1CC1. The first-order valence-corrected chi connectivity index (χ1v) is 5.47. The van der Waals surface area contributed by atoms with Gasteiger partial charge in [0.05, 0.1) is 0 Å². The highest BCUT2D eigenvalue weighted by molar-refractivity contribution is 14.1. The fourth-order valence-corrected chi connectivity index (χ4v) is 2.32. The number of hydrogen-bond donors (Lipinski definition) is 1. The minimum atomic E-state index is -0.184. The molecule has 1 atom stereocenters. The predicted molar refractivity (Wildman–Crippen MR) is 58.8 cm³/mol. The lowest BCUT2D eigenvalue weighted by molar-refractivity contribution is 0.610. The number of nitrogens with two attached hydrogens (primary N) is 1. The van der Waals surface area contributed by atoms with Crippen LogP contribution in [0.3, 0.4) is 0 Å². The van der Waals surface area contributed by atoms with Crippen molar-refractivity contribution in [3.8, 4) is 0 Å². The maximum Gasteiger partial charge on any atom is 0.124 e. The van der Waals surface area contributed by atoms with Crippen LogP contribution in [0.5, 0.6) is 0 Å². The van der Waals surface area contributed by atoms with E-state index in [9.17, 15) is 4.39 Å². The topological polar surface area (TPSA) is 26.0 Å². The van der Waals surface area contributed by atoms with E-state index in [0.29, 0.717) is 5.92 Å². The molecule has 0 saturated heterocycles. The van der Waals surface area contributed by atoms with E-state index in [4.69, 9.17) is 5.73 Å². The molecule has 1 aliphatic carbocycles. The lowest BCUT2D eigenvalue weighted by Gasteiger charge is -2.12. The van der Waals surface area contributed by atoms with Crippen LogP contribution in [0.15, 0.2) is 18.2 Å². The second-order valence-electron chi connectivity index (χ2n) is 3.53. The van der Waals surface area contributed by atoms with E-state index in [1.165, 1.54) is 25.0 Å². The molecule has 0 bridgehead atoms. The van der Waals surface area contributed by atoms with Gasteiger partial charge in [-0.25, -0.2) is 4.39 Å². The molecule has 13 heavy (non-hydrogen) atoms. The second-order valence-corrected chi connectivity index (χ2v) is 4.69. The molecule has 2 N–H and O–H groups in total. The molecule has 0 aliphatic heterocycles. The van der Waals surface area contributed by atoms with Crippen molar-refractivity contribution in [3.63, 3.8) is 0 Å². The van der Waals surface area contributed by atoms with Crippen LogP contribution in [0.2, 0.25) is 0 Å². The third kappa shape index (κ3) is 2.02. The van der Waals surface area contributed by atoms with Crippen LogP contribution >= 0.6 is 22.6 Å². The molecule has 0 spiro atoms. The molecule has 0 radical (unpaired) electrons. The van der Waals surface area contributed by atoms with Gasteiger partial charge in [0.2, 0.25) is 0 Å². The normalized spacial score (nSPS) is 18.7. The summed E-state index contributed by atoms with van der Waals surface area (Å²) in [6.45, 7) is 0. The highest BCUT2D eigenvalue weighted by Gasteiger charge is 2.30. The Balaban J connectivity index is 2.28. The van der Waals surface area contributed by atoms with Gasteiger partial charge in [-0.2, -0.15) is 0 Å². The minimum Gasteiger partial charge on any atom is -0.324 e. The van der Waals surface area contributed by atoms with Gasteiger partial charge >= 0.3 is 0 Å². The second kappa shape index (κ2) is 3.53. The molecule has 1 aromatic carbocycles. The number of hydrogen-bond acceptors (Lipinski definition) is 1. The van der Waals surface area contributed by atoms with Gasteiger partial charge in [-0.05, 0) is 59.0 Å². The molecular weight excluding hydrogens is 280 g/mol. The summed E-state index contributed by atoms with van der Waals surface area (Å²) < 4.78 is 13.7. The van der Waals surface area contributed by atoms with E-state index in [2.05, 4.69) is 22.6 Å². The maximum absolute atomic E-state index is 12.8.